The van der Waals surface area contributed by atoms with Gasteiger partial charge >= 0.3 is 6.09 Å². The van der Waals surface area contributed by atoms with Gasteiger partial charge in [-0.15, -0.1) is 0 Å². The minimum absolute atomic E-state index is 0.0722. The van der Waals surface area contributed by atoms with Crippen LogP contribution >= 0.6 is 0 Å². The van der Waals surface area contributed by atoms with Crippen LogP contribution in [-0.4, -0.2) is 37.4 Å². The van der Waals surface area contributed by atoms with E-state index in [0.717, 1.165) is 0 Å². The number of carbonyl (C=O) groups is 2. The molecule has 1 atom stereocenters. The third kappa shape index (κ3) is 6.58. The van der Waals surface area contributed by atoms with E-state index in [0.29, 0.717) is 17.9 Å². The van der Waals surface area contributed by atoms with Gasteiger partial charge in [0.1, 0.15) is 5.60 Å². The fourth-order valence-electron chi connectivity index (χ4n) is 1.73. The summed E-state index contributed by atoms with van der Waals surface area (Å²) in [6.45, 7) is 7.69. The van der Waals surface area contributed by atoms with Gasteiger partial charge < -0.3 is 14.8 Å². The molecule has 0 unspecified atom stereocenters. The van der Waals surface area contributed by atoms with E-state index in [2.05, 4.69) is 10.6 Å². The molecule has 0 aromatic heterocycles. The van der Waals surface area contributed by atoms with Crippen LogP contribution < -0.4 is 10.6 Å². The van der Waals surface area contributed by atoms with Gasteiger partial charge in [-0.25, -0.2) is 4.79 Å². The maximum Gasteiger partial charge on any atom is 0.412 e. The topological polar surface area (TPSA) is 76.7 Å². The number of rotatable bonds is 5. The molecule has 6 nitrogen and oxygen atoms in total. The monoisotopic (exact) mass is 308 g/mol. The molecule has 0 saturated heterocycles. The molecule has 1 rings (SSSR count). The lowest BCUT2D eigenvalue weighted by Gasteiger charge is -2.19. The van der Waals surface area contributed by atoms with Crippen LogP contribution in [0.25, 0.3) is 0 Å². The molecule has 0 aliphatic carbocycles. The molecular weight excluding hydrogens is 284 g/mol. The third-order valence-corrected chi connectivity index (χ3v) is 2.59. The Morgan fingerprint density at radius 2 is 1.77 bits per heavy atom. The average Bonchev–Trinajstić information content (AvgIpc) is 2.37. The van der Waals surface area contributed by atoms with Crippen molar-refractivity contribution in [3.8, 4) is 0 Å². The lowest BCUT2D eigenvalue weighted by Crippen LogP contribution is -2.35. The van der Waals surface area contributed by atoms with Gasteiger partial charge in [0.05, 0.1) is 6.61 Å². The fraction of sp³-hybridized carbons (Fsp3) is 0.500. The summed E-state index contributed by atoms with van der Waals surface area (Å²) in [5, 5.41) is 5.43. The number of benzene rings is 1. The highest BCUT2D eigenvalue weighted by molar-refractivity contribution is 5.95. The van der Waals surface area contributed by atoms with Crippen molar-refractivity contribution in [2.45, 2.75) is 39.3 Å². The zero-order valence-corrected chi connectivity index (χ0v) is 13.7. The Bertz CT molecular complexity index is 506. The first-order valence-electron chi connectivity index (χ1n) is 7.11. The van der Waals surface area contributed by atoms with Crippen LogP contribution in [0.1, 0.15) is 38.1 Å². The van der Waals surface area contributed by atoms with Gasteiger partial charge in [0, 0.05) is 24.4 Å². The molecule has 2 amide bonds. The number of ether oxygens (including phenoxy) is 2. The zero-order chi connectivity index (χ0) is 16.8. The number of carbonyl (C=O) groups excluding carboxylic acids is 2. The van der Waals surface area contributed by atoms with Gasteiger partial charge in [0.25, 0.3) is 5.91 Å². The molecule has 6 heteroatoms. The van der Waals surface area contributed by atoms with Crippen molar-refractivity contribution in [2.75, 3.05) is 19.0 Å². The first kappa shape index (κ1) is 18.0. The van der Waals surface area contributed by atoms with Crippen molar-refractivity contribution >= 4 is 17.7 Å². The van der Waals surface area contributed by atoms with Gasteiger partial charge in [0.2, 0.25) is 0 Å². The molecule has 22 heavy (non-hydrogen) atoms. The number of anilines is 1. The second kappa shape index (κ2) is 7.79. The number of amides is 2. The standard InChI is InChI=1S/C16H24N2O4/c1-11(10-21-5)17-14(19)12-6-8-13(9-7-12)18-15(20)22-16(2,3)4/h6-9,11H,10H2,1-5H3,(H,17,19)(H,18,20)/t11-/m0/s1. The summed E-state index contributed by atoms with van der Waals surface area (Å²) in [7, 11) is 1.58. The molecule has 0 aliphatic rings. The molecule has 2 N–H and O–H groups in total. The Morgan fingerprint density at radius 3 is 2.27 bits per heavy atom. The summed E-state index contributed by atoms with van der Waals surface area (Å²) in [4.78, 5) is 23.6. The van der Waals surface area contributed by atoms with E-state index in [-0.39, 0.29) is 11.9 Å². The van der Waals surface area contributed by atoms with E-state index < -0.39 is 11.7 Å². The minimum Gasteiger partial charge on any atom is -0.444 e. The molecule has 0 radical (unpaired) electrons. The molecule has 122 valence electrons. The predicted molar refractivity (Wildman–Crippen MR) is 85.1 cm³/mol. The minimum atomic E-state index is -0.554. The first-order chi connectivity index (χ1) is 10.2. The van der Waals surface area contributed by atoms with E-state index in [1.807, 2.05) is 6.92 Å². The van der Waals surface area contributed by atoms with Gasteiger partial charge in [-0.05, 0) is 52.0 Å². The molecule has 1 aromatic rings. The summed E-state index contributed by atoms with van der Waals surface area (Å²) in [6, 6.07) is 6.51. The summed E-state index contributed by atoms with van der Waals surface area (Å²) in [5.74, 6) is -0.187. The number of hydrogen-bond donors (Lipinski definition) is 2. The molecule has 0 spiro atoms. The quantitative estimate of drug-likeness (QED) is 0.877. The maximum absolute atomic E-state index is 12.0. The predicted octanol–water partition coefficient (Wildman–Crippen LogP) is 2.80. The SMILES string of the molecule is COC[C@H](C)NC(=O)c1ccc(NC(=O)OC(C)(C)C)cc1. The Balaban J connectivity index is 2.59. The smallest absolute Gasteiger partial charge is 0.412 e. The van der Waals surface area contributed by atoms with Crippen molar-refractivity contribution in [3.63, 3.8) is 0 Å². The number of methoxy groups -OCH3 is 1. The number of hydrogen-bond acceptors (Lipinski definition) is 4. The Kier molecular flexibility index (Phi) is 6.37. The highest BCUT2D eigenvalue weighted by Gasteiger charge is 2.16. The molecular formula is C16H24N2O4. The highest BCUT2D eigenvalue weighted by Crippen LogP contribution is 2.13. The Labute approximate surface area is 131 Å². The van der Waals surface area contributed by atoms with Crippen LogP contribution in [0.2, 0.25) is 0 Å². The third-order valence-electron chi connectivity index (χ3n) is 2.59. The van der Waals surface area contributed by atoms with Crippen LogP contribution in [0.3, 0.4) is 0 Å². The van der Waals surface area contributed by atoms with E-state index >= 15 is 0 Å². The molecule has 1 aromatic carbocycles. The Morgan fingerprint density at radius 1 is 1.18 bits per heavy atom. The fourth-order valence-corrected chi connectivity index (χ4v) is 1.73. The van der Waals surface area contributed by atoms with Crippen LogP contribution in [0.5, 0.6) is 0 Å². The zero-order valence-electron chi connectivity index (χ0n) is 13.7. The van der Waals surface area contributed by atoms with Crippen LogP contribution in [-0.2, 0) is 9.47 Å². The average molecular weight is 308 g/mol. The van der Waals surface area contributed by atoms with Gasteiger partial charge in [-0.2, -0.15) is 0 Å². The summed E-state index contributed by atoms with van der Waals surface area (Å²) < 4.78 is 10.1. The van der Waals surface area contributed by atoms with Crippen molar-refractivity contribution in [1.29, 1.82) is 0 Å². The molecule has 0 fully saturated rings. The van der Waals surface area contributed by atoms with Crippen LogP contribution in [0, 0.1) is 0 Å². The maximum atomic E-state index is 12.0. The first-order valence-corrected chi connectivity index (χ1v) is 7.11. The van der Waals surface area contributed by atoms with Gasteiger partial charge in [-0.1, -0.05) is 0 Å². The lowest BCUT2D eigenvalue weighted by molar-refractivity contribution is 0.0635. The lowest BCUT2D eigenvalue weighted by atomic mass is 10.2. The normalized spacial score (nSPS) is 12.4. The van der Waals surface area contributed by atoms with Crippen molar-refractivity contribution < 1.29 is 19.1 Å². The highest BCUT2D eigenvalue weighted by atomic mass is 16.6. The molecule has 0 saturated carbocycles. The van der Waals surface area contributed by atoms with Crippen LogP contribution in [0.4, 0.5) is 10.5 Å². The van der Waals surface area contributed by atoms with E-state index in [4.69, 9.17) is 9.47 Å². The molecule has 0 heterocycles. The Hall–Kier alpha value is -2.08. The van der Waals surface area contributed by atoms with Crippen molar-refractivity contribution in [2.24, 2.45) is 0 Å². The van der Waals surface area contributed by atoms with Gasteiger partial charge in [0.15, 0.2) is 0 Å². The van der Waals surface area contributed by atoms with E-state index in [1.54, 1.807) is 52.1 Å². The van der Waals surface area contributed by atoms with Crippen molar-refractivity contribution in [3.05, 3.63) is 29.8 Å². The summed E-state index contributed by atoms with van der Waals surface area (Å²) >= 11 is 0. The second-order valence-electron chi connectivity index (χ2n) is 6.03. The number of nitrogens with one attached hydrogen (secondary N) is 2. The van der Waals surface area contributed by atoms with E-state index in [9.17, 15) is 9.59 Å². The van der Waals surface area contributed by atoms with E-state index in [1.165, 1.54) is 0 Å². The second-order valence-corrected chi connectivity index (χ2v) is 6.03. The van der Waals surface area contributed by atoms with Gasteiger partial charge in [-0.3, -0.25) is 10.1 Å². The van der Waals surface area contributed by atoms with Crippen LogP contribution in [0.15, 0.2) is 24.3 Å². The van der Waals surface area contributed by atoms with Crippen molar-refractivity contribution in [1.82, 2.24) is 5.32 Å². The summed E-state index contributed by atoms with van der Waals surface area (Å²) in [5.41, 5.74) is 0.523. The summed E-state index contributed by atoms with van der Waals surface area (Å²) in [6.07, 6.45) is -0.529. The molecule has 0 aliphatic heterocycles. The largest absolute Gasteiger partial charge is 0.444 e. The molecule has 0 bridgehead atoms.